The van der Waals surface area contributed by atoms with Gasteiger partial charge in [-0.05, 0) is 24.3 Å². The molecule has 1 aliphatic rings. The fourth-order valence-electron chi connectivity index (χ4n) is 3.00. The number of nitro groups is 1. The molecule has 0 aromatic heterocycles. The lowest BCUT2D eigenvalue weighted by Gasteiger charge is -2.34. The number of carbonyl (C=O) groups is 1. The number of rotatable bonds is 4. The lowest BCUT2D eigenvalue weighted by molar-refractivity contribution is -0.387. The van der Waals surface area contributed by atoms with E-state index in [2.05, 4.69) is 0 Å². The van der Waals surface area contributed by atoms with E-state index >= 15 is 0 Å². The molecule has 0 N–H and O–H groups in total. The highest BCUT2D eigenvalue weighted by atomic mass is 32.2. The highest BCUT2D eigenvalue weighted by molar-refractivity contribution is 7.89. The Morgan fingerprint density at radius 1 is 1.07 bits per heavy atom. The quantitative estimate of drug-likeness (QED) is 0.567. The van der Waals surface area contributed by atoms with Gasteiger partial charge in [-0.2, -0.15) is 9.57 Å². The lowest BCUT2D eigenvalue weighted by atomic mass is 10.1. The van der Waals surface area contributed by atoms with Crippen LogP contribution in [0.5, 0.6) is 0 Å². The number of nitrogens with zero attached hydrogens (tertiary/aromatic N) is 4. The second-order valence-corrected chi connectivity index (χ2v) is 8.02. The van der Waals surface area contributed by atoms with Crippen molar-refractivity contribution in [1.82, 2.24) is 9.21 Å². The second kappa shape index (κ2) is 7.75. The van der Waals surface area contributed by atoms with Crippen LogP contribution in [0.1, 0.15) is 15.9 Å². The maximum atomic E-state index is 12.8. The summed E-state index contributed by atoms with van der Waals surface area (Å²) in [5.74, 6) is -0.292. The largest absolute Gasteiger partial charge is 0.336 e. The first-order valence-corrected chi connectivity index (χ1v) is 9.81. The van der Waals surface area contributed by atoms with E-state index in [-0.39, 0.29) is 37.0 Å². The Morgan fingerprint density at radius 3 is 2.39 bits per heavy atom. The molecule has 0 saturated carbocycles. The summed E-state index contributed by atoms with van der Waals surface area (Å²) in [6, 6.07) is 13.4. The molecule has 0 aliphatic carbocycles. The number of hydrogen-bond acceptors (Lipinski definition) is 6. The van der Waals surface area contributed by atoms with Gasteiger partial charge in [-0.25, -0.2) is 8.42 Å². The standard InChI is InChI=1S/C18H16N4O5S/c19-13-14-4-3-5-15(12-14)18(23)20-8-10-21(11-9-20)28(26,27)17-7-2-1-6-16(17)22(24)25/h1-7,12H,8-11H2. The van der Waals surface area contributed by atoms with Gasteiger partial charge in [0.05, 0.1) is 16.6 Å². The van der Waals surface area contributed by atoms with E-state index in [9.17, 15) is 23.3 Å². The maximum absolute atomic E-state index is 12.8. The van der Waals surface area contributed by atoms with Gasteiger partial charge in [0, 0.05) is 37.8 Å². The van der Waals surface area contributed by atoms with E-state index < -0.39 is 20.6 Å². The van der Waals surface area contributed by atoms with E-state index in [4.69, 9.17) is 5.26 Å². The monoisotopic (exact) mass is 400 g/mol. The Hall–Kier alpha value is -3.29. The summed E-state index contributed by atoms with van der Waals surface area (Å²) in [6.45, 7) is 0.348. The average Bonchev–Trinajstić information content (AvgIpc) is 2.73. The Bertz CT molecular complexity index is 1070. The van der Waals surface area contributed by atoms with E-state index in [1.54, 1.807) is 18.2 Å². The van der Waals surface area contributed by atoms with Crippen LogP contribution in [0.4, 0.5) is 5.69 Å². The molecule has 10 heteroatoms. The fourth-order valence-corrected chi connectivity index (χ4v) is 4.58. The van der Waals surface area contributed by atoms with Crippen LogP contribution in [-0.2, 0) is 10.0 Å². The molecule has 1 saturated heterocycles. The summed E-state index contributed by atoms with van der Waals surface area (Å²) in [5, 5.41) is 20.1. The molecule has 0 spiro atoms. The van der Waals surface area contributed by atoms with Gasteiger partial charge in [0.15, 0.2) is 4.90 Å². The highest BCUT2D eigenvalue weighted by Gasteiger charge is 2.34. The molecule has 1 heterocycles. The summed E-state index contributed by atoms with van der Waals surface area (Å²) in [6.07, 6.45) is 0. The molecule has 2 aromatic rings. The Balaban J connectivity index is 1.76. The van der Waals surface area contributed by atoms with Crippen molar-refractivity contribution in [3.63, 3.8) is 0 Å². The van der Waals surface area contributed by atoms with Crippen LogP contribution in [0, 0.1) is 21.4 Å². The number of nitro benzene ring substituents is 1. The minimum atomic E-state index is -4.05. The van der Waals surface area contributed by atoms with Crippen molar-refractivity contribution in [3.8, 4) is 6.07 Å². The molecule has 1 fully saturated rings. The van der Waals surface area contributed by atoms with E-state index in [1.165, 1.54) is 29.2 Å². The van der Waals surface area contributed by atoms with Gasteiger partial charge in [-0.3, -0.25) is 14.9 Å². The van der Waals surface area contributed by atoms with Crippen molar-refractivity contribution in [2.45, 2.75) is 4.90 Å². The number of para-hydroxylation sites is 1. The first-order valence-electron chi connectivity index (χ1n) is 8.37. The summed E-state index contributed by atoms with van der Waals surface area (Å²) in [4.78, 5) is 24.2. The summed E-state index contributed by atoms with van der Waals surface area (Å²) < 4.78 is 26.8. The van der Waals surface area contributed by atoms with Crippen LogP contribution in [0.25, 0.3) is 0 Å². The molecule has 2 aromatic carbocycles. The highest BCUT2D eigenvalue weighted by Crippen LogP contribution is 2.27. The summed E-state index contributed by atoms with van der Waals surface area (Å²) in [7, 11) is -4.05. The number of amides is 1. The number of piperazine rings is 1. The number of benzene rings is 2. The first kappa shape index (κ1) is 19.5. The number of carbonyl (C=O) groups excluding carboxylic acids is 1. The van der Waals surface area contributed by atoms with Gasteiger partial charge in [0.25, 0.3) is 11.6 Å². The fraction of sp³-hybridized carbons (Fsp3) is 0.222. The van der Waals surface area contributed by atoms with E-state index in [0.717, 1.165) is 10.4 Å². The molecule has 144 valence electrons. The Labute approximate surface area is 161 Å². The van der Waals surface area contributed by atoms with Gasteiger partial charge in [0.1, 0.15) is 0 Å². The molecule has 0 radical (unpaired) electrons. The molecule has 3 rings (SSSR count). The van der Waals surface area contributed by atoms with E-state index in [0.29, 0.717) is 11.1 Å². The number of sulfonamides is 1. The van der Waals surface area contributed by atoms with Crippen LogP contribution >= 0.6 is 0 Å². The SMILES string of the molecule is N#Cc1cccc(C(=O)N2CCN(S(=O)(=O)c3ccccc3[N+](=O)[O-])CC2)c1. The maximum Gasteiger partial charge on any atom is 0.289 e. The minimum absolute atomic E-state index is 0.0259. The topological polar surface area (TPSA) is 125 Å². The van der Waals surface area contributed by atoms with Crippen LogP contribution in [0.15, 0.2) is 53.4 Å². The molecule has 1 amide bonds. The number of hydrogen-bond donors (Lipinski definition) is 0. The first-order chi connectivity index (χ1) is 13.3. The molecule has 9 nitrogen and oxygen atoms in total. The number of nitriles is 1. The van der Waals surface area contributed by atoms with Crippen LogP contribution in [-0.4, -0.2) is 54.6 Å². The van der Waals surface area contributed by atoms with Gasteiger partial charge >= 0.3 is 0 Å². The van der Waals surface area contributed by atoms with E-state index in [1.807, 2.05) is 6.07 Å². The summed E-state index contributed by atoms with van der Waals surface area (Å²) >= 11 is 0. The average molecular weight is 400 g/mol. The molecule has 1 aliphatic heterocycles. The van der Waals surface area contributed by atoms with Crippen molar-refractivity contribution in [1.29, 1.82) is 5.26 Å². The molecular formula is C18H16N4O5S. The van der Waals surface area contributed by atoms with Gasteiger partial charge in [-0.15, -0.1) is 0 Å². The smallest absolute Gasteiger partial charge is 0.289 e. The predicted molar refractivity (Wildman–Crippen MR) is 98.9 cm³/mol. The minimum Gasteiger partial charge on any atom is -0.336 e. The third-order valence-corrected chi connectivity index (χ3v) is 6.39. The lowest BCUT2D eigenvalue weighted by Crippen LogP contribution is -2.50. The van der Waals surface area contributed by atoms with Crippen LogP contribution in [0.3, 0.4) is 0 Å². The van der Waals surface area contributed by atoms with Crippen LogP contribution in [0.2, 0.25) is 0 Å². The van der Waals surface area contributed by atoms with Gasteiger partial charge < -0.3 is 4.90 Å². The second-order valence-electron chi connectivity index (χ2n) is 6.11. The van der Waals surface area contributed by atoms with Gasteiger partial charge in [-0.1, -0.05) is 18.2 Å². The molecule has 0 unspecified atom stereocenters. The molecule has 0 atom stereocenters. The van der Waals surface area contributed by atoms with Crippen molar-refractivity contribution in [2.75, 3.05) is 26.2 Å². The van der Waals surface area contributed by atoms with Crippen molar-refractivity contribution >= 4 is 21.6 Å². The normalized spacial score (nSPS) is 15.0. The molecular weight excluding hydrogens is 384 g/mol. The van der Waals surface area contributed by atoms with Crippen LogP contribution < -0.4 is 0 Å². The van der Waals surface area contributed by atoms with Gasteiger partial charge in [0.2, 0.25) is 10.0 Å². The Morgan fingerprint density at radius 2 is 1.75 bits per heavy atom. The summed E-state index contributed by atoms with van der Waals surface area (Å²) in [5.41, 5.74) is 0.242. The zero-order chi connectivity index (χ0) is 20.3. The van der Waals surface area contributed by atoms with Crippen molar-refractivity contribution < 1.29 is 18.1 Å². The third-order valence-electron chi connectivity index (χ3n) is 4.44. The van der Waals surface area contributed by atoms with Crippen molar-refractivity contribution in [2.24, 2.45) is 0 Å². The molecule has 0 bridgehead atoms. The third kappa shape index (κ3) is 3.71. The predicted octanol–water partition coefficient (Wildman–Crippen LogP) is 1.61. The van der Waals surface area contributed by atoms with Crippen molar-refractivity contribution in [3.05, 3.63) is 69.8 Å². The zero-order valence-electron chi connectivity index (χ0n) is 14.7. The molecule has 28 heavy (non-hydrogen) atoms. The Kier molecular flexibility index (Phi) is 5.39. The zero-order valence-corrected chi connectivity index (χ0v) is 15.5.